The minimum atomic E-state index is -0.0890. The van der Waals surface area contributed by atoms with Crippen LogP contribution < -0.4 is 21.1 Å². The molecule has 0 aliphatic heterocycles. The molecule has 0 radical (unpaired) electrons. The first kappa shape index (κ1) is 20.2. The highest BCUT2D eigenvalue weighted by molar-refractivity contribution is 5.85. The predicted octanol–water partition coefficient (Wildman–Crippen LogP) is 1.41. The summed E-state index contributed by atoms with van der Waals surface area (Å²) in [7, 11) is 1.59. The van der Waals surface area contributed by atoms with Crippen molar-refractivity contribution in [2.24, 2.45) is 5.73 Å². The van der Waals surface area contributed by atoms with Crippen molar-refractivity contribution in [3.63, 3.8) is 0 Å². The number of methoxy groups -OCH3 is 1. The molecule has 110 valence electrons. The largest absolute Gasteiger partial charge is 0.495 e. The minimum Gasteiger partial charge on any atom is -0.495 e. The second-order valence-electron chi connectivity index (χ2n) is 3.76. The SMILES string of the molecule is COc1ccccc1NCC(=O)N[C@@H](C)CN.Cl.Cl. The van der Waals surface area contributed by atoms with Gasteiger partial charge in [0, 0.05) is 12.6 Å². The van der Waals surface area contributed by atoms with Gasteiger partial charge in [0.15, 0.2) is 0 Å². The maximum atomic E-state index is 11.5. The van der Waals surface area contributed by atoms with Crippen molar-refractivity contribution in [2.75, 3.05) is 25.5 Å². The average Bonchev–Trinajstić information content (AvgIpc) is 2.36. The van der Waals surface area contributed by atoms with Gasteiger partial charge in [-0.15, -0.1) is 24.8 Å². The Kier molecular flexibility index (Phi) is 11.4. The highest BCUT2D eigenvalue weighted by Gasteiger charge is 2.06. The molecule has 1 aromatic rings. The first-order chi connectivity index (χ1) is 8.17. The van der Waals surface area contributed by atoms with Gasteiger partial charge >= 0.3 is 0 Å². The van der Waals surface area contributed by atoms with Crippen molar-refractivity contribution < 1.29 is 9.53 Å². The van der Waals surface area contributed by atoms with Crippen molar-refractivity contribution in [3.05, 3.63) is 24.3 Å². The van der Waals surface area contributed by atoms with Crippen LogP contribution in [0.3, 0.4) is 0 Å². The van der Waals surface area contributed by atoms with Gasteiger partial charge in [-0.3, -0.25) is 4.79 Å². The van der Waals surface area contributed by atoms with Crippen molar-refractivity contribution in [1.29, 1.82) is 0 Å². The zero-order chi connectivity index (χ0) is 12.7. The van der Waals surface area contributed by atoms with Gasteiger partial charge in [0.25, 0.3) is 0 Å². The summed E-state index contributed by atoms with van der Waals surface area (Å²) in [4.78, 5) is 11.5. The summed E-state index contributed by atoms with van der Waals surface area (Å²) in [6, 6.07) is 7.44. The van der Waals surface area contributed by atoms with Crippen molar-refractivity contribution in [3.8, 4) is 5.75 Å². The lowest BCUT2D eigenvalue weighted by molar-refractivity contribution is -0.119. The Bertz CT molecular complexity index is 378. The second-order valence-corrected chi connectivity index (χ2v) is 3.76. The Balaban J connectivity index is 0. The van der Waals surface area contributed by atoms with Gasteiger partial charge in [-0.05, 0) is 19.1 Å². The summed E-state index contributed by atoms with van der Waals surface area (Å²) in [5.74, 6) is 0.626. The molecule has 7 heteroatoms. The van der Waals surface area contributed by atoms with Crippen LogP contribution in [0.2, 0.25) is 0 Å². The minimum absolute atomic E-state index is 0. The van der Waals surface area contributed by atoms with E-state index in [-0.39, 0.29) is 43.3 Å². The fourth-order valence-corrected chi connectivity index (χ4v) is 1.35. The second kappa shape index (κ2) is 10.7. The number of nitrogens with one attached hydrogen (secondary N) is 2. The van der Waals surface area contributed by atoms with Crippen LogP contribution in [0.25, 0.3) is 0 Å². The van der Waals surface area contributed by atoms with E-state index in [0.29, 0.717) is 12.3 Å². The third kappa shape index (κ3) is 7.10. The Morgan fingerprint density at radius 2 is 2.00 bits per heavy atom. The number of rotatable bonds is 6. The number of carbonyl (C=O) groups excluding carboxylic acids is 1. The van der Waals surface area contributed by atoms with E-state index < -0.39 is 0 Å². The highest BCUT2D eigenvalue weighted by atomic mass is 35.5. The predicted molar refractivity (Wildman–Crippen MR) is 82.6 cm³/mol. The van der Waals surface area contributed by atoms with Crippen molar-refractivity contribution in [2.45, 2.75) is 13.0 Å². The third-order valence-electron chi connectivity index (χ3n) is 2.31. The maximum absolute atomic E-state index is 11.5. The first-order valence-electron chi connectivity index (χ1n) is 5.53. The fraction of sp³-hybridized carbons (Fsp3) is 0.417. The lowest BCUT2D eigenvalue weighted by atomic mass is 10.3. The molecule has 0 fully saturated rings. The van der Waals surface area contributed by atoms with Crippen LogP contribution in [0.5, 0.6) is 5.75 Å². The van der Waals surface area contributed by atoms with Crippen LogP contribution >= 0.6 is 24.8 Å². The van der Waals surface area contributed by atoms with Gasteiger partial charge in [-0.2, -0.15) is 0 Å². The molecule has 0 unspecified atom stereocenters. The summed E-state index contributed by atoms with van der Waals surface area (Å²) in [6.45, 7) is 2.49. The molecule has 0 saturated carbocycles. The summed E-state index contributed by atoms with van der Waals surface area (Å²) in [5.41, 5.74) is 6.21. The molecule has 0 spiro atoms. The molecule has 1 atom stereocenters. The summed E-state index contributed by atoms with van der Waals surface area (Å²) >= 11 is 0. The van der Waals surface area contributed by atoms with E-state index in [1.54, 1.807) is 7.11 Å². The summed E-state index contributed by atoms with van der Waals surface area (Å²) in [5, 5.41) is 5.79. The molecule has 0 aliphatic carbocycles. The number of para-hydroxylation sites is 2. The monoisotopic (exact) mass is 309 g/mol. The van der Waals surface area contributed by atoms with Gasteiger partial charge in [-0.1, -0.05) is 12.1 Å². The van der Waals surface area contributed by atoms with Crippen LogP contribution in [-0.4, -0.2) is 32.1 Å². The lowest BCUT2D eigenvalue weighted by Gasteiger charge is -2.13. The number of amides is 1. The molecule has 0 saturated heterocycles. The Morgan fingerprint density at radius 3 is 2.58 bits per heavy atom. The molecule has 19 heavy (non-hydrogen) atoms. The van der Waals surface area contributed by atoms with Crippen LogP contribution in [-0.2, 0) is 4.79 Å². The van der Waals surface area contributed by atoms with Gasteiger partial charge in [0.1, 0.15) is 5.75 Å². The van der Waals surface area contributed by atoms with Crippen molar-refractivity contribution in [1.82, 2.24) is 5.32 Å². The van der Waals surface area contributed by atoms with Gasteiger partial charge in [0.05, 0.1) is 19.3 Å². The topological polar surface area (TPSA) is 76.4 Å². The van der Waals surface area contributed by atoms with E-state index >= 15 is 0 Å². The molecular weight excluding hydrogens is 289 g/mol. The standard InChI is InChI=1S/C12H19N3O2.2ClH/c1-9(7-13)15-12(16)8-14-10-5-3-4-6-11(10)17-2;;/h3-6,9,14H,7-8,13H2,1-2H3,(H,15,16);2*1H/t9-;;/m0../s1. The van der Waals surface area contributed by atoms with Crippen molar-refractivity contribution >= 4 is 36.4 Å². The molecule has 0 aromatic heterocycles. The number of ether oxygens (including phenoxy) is 1. The van der Waals surface area contributed by atoms with Gasteiger partial charge < -0.3 is 21.1 Å². The Morgan fingerprint density at radius 1 is 1.37 bits per heavy atom. The Hall–Kier alpha value is -1.17. The third-order valence-corrected chi connectivity index (χ3v) is 2.31. The van der Waals surface area contributed by atoms with E-state index in [4.69, 9.17) is 10.5 Å². The van der Waals surface area contributed by atoms with Crippen LogP contribution in [0.15, 0.2) is 24.3 Å². The van der Waals surface area contributed by atoms with Gasteiger partial charge in [-0.25, -0.2) is 0 Å². The average molecular weight is 310 g/mol. The molecule has 0 heterocycles. The summed E-state index contributed by atoms with van der Waals surface area (Å²) in [6.07, 6.45) is 0. The van der Waals surface area contributed by atoms with E-state index in [2.05, 4.69) is 10.6 Å². The molecule has 1 rings (SSSR count). The molecule has 4 N–H and O–H groups in total. The van der Waals surface area contributed by atoms with Crippen LogP contribution in [0, 0.1) is 0 Å². The number of halogens is 2. The number of benzene rings is 1. The van der Waals surface area contributed by atoms with E-state index in [1.165, 1.54) is 0 Å². The Labute approximate surface area is 126 Å². The lowest BCUT2D eigenvalue weighted by Crippen LogP contribution is -2.40. The molecule has 5 nitrogen and oxygen atoms in total. The zero-order valence-electron chi connectivity index (χ0n) is 11.0. The normalized spacial score (nSPS) is 10.5. The van der Waals surface area contributed by atoms with Crippen LogP contribution in [0.1, 0.15) is 6.92 Å². The van der Waals surface area contributed by atoms with E-state index in [1.807, 2.05) is 31.2 Å². The number of anilines is 1. The van der Waals surface area contributed by atoms with Crippen LogP contribution in [0.4, 0.5) is 5.69 Å². The molecule has 1 amide bonds. The van der Waals surface area contributed by atoms with E-state index in [0.717, 1.165) is 5.69 Å². The highest BCUT2D eigenvalue weighted by Crippen LogP contribution is 2.22. The number of carbonyl (C=O) groups is 1. The molecule has 0 aliphatic rings. The maximum Gasteiger partial charge on any atom is 0.239 e. The number of nitrogens with two attached hydrogens (primary N) is 1. The summed E-state index contributed by atoms with van der Waals surface area (Å²) < 4.78 is 5.17. The number of hydrogen-bond acceptors (Lipinski definition) is 4. The molecule has 1 aromatic carbocycles. The quantitative estimate of drug-likeness (QED) is 0.742. The van der Waals surface area contributed by atoms with Gasteiger partial charge in [0.2, 0.25) is 5.91 Å². The number of hydrogen-bond donors (Lipinski definition) is 3. The fourth-order valence-electron chi connectivity index (χ4n) is 1.35. The zero-order valence-corrected chi connectivity index (χ0v) is 12.6. The van der Waals surface area contributed by atoms with E-state index in [9.17, 15) is 4.79 Å². The molecular formula is C12H21Cl2N3O2. The molecule has 0 bridgehead atoms. The smallest absolute Gasteiger partial charge is 0.239 e. The first-order valence-corrected chi connectivity index (χ1v) is 5.53.